The van der Waals surface area contributed by atoms with Crippen molar-refractivity contribution in [2.24, 2.45) is 0 Å². The standard InChI is InChI=1S/C14H15ClFN3O2S/c1-14(2,3)21-13(20)19(4)12-10(15)18-11(22-12)8-5-9(16)7-17-6-8/h5-7H,1-4H3. The Morgan fingerprint density at radius 2 is 2.09 bits per heavy atom. The molecule has 0 aliphatic heterocycles. The van der Waals surface area contributed by atoms with E-state index in [-0.39, 0.29) is 5.15 Å². The van der Waals surface area contributed by atoms with E-state index in [2.05, 4.69) is 9.97 Å². The molecule has 0 fully saturated rings. The summed E-state index contributed by atoms with van der Waals surface area (Å²) in [6, 6.07) is 1.30. The molecule has 118 valence electrons. The second-order valence-corrected chi connectivity index (χ2v) is 6.88. The zero-order valence-corrected chi connectivity index (χ0v) is 14.1. The van der Waals surface area contributed by atoms with Crippen LogP contribution in [-0.2, 0) is 4.74 Å². The Morgan fingerprint density at radius 3 is 2.68 bits per heavy atom. The van der Waals surface area contributed by atoms with E-state index in [1.807, 2.05) is 0 Å². The number of halogens is 2. The number of pyridine rings is 1. The van der Waals surface area contributed by atoms with E-state index in [9.17, 15) is 9.18 Å². The normalized spacial score (nSPS) is 11.4. The fraction of sp³-hybridized carbons (Fsp3) is 0.357. The van der Waals surface area contributed by atoms with Crippen molar-refractivity contribution in [1.29, 1.82) is 0 Å². The van der Waals surface area contributed by atoms with Crippen LogP contribution < -0.4 is 4.90 Å². The maximum absolute atomic E-state index is 13.2. The van der Waals surface area contributed by atoms with Gasteiger partial charge in [0.15, 0.2) is 5.15 Å². The largest absolute Gasteiger partial charge is 0.443 e. The van der Waals surface area contributed by atoms with Crippen LogP contribution in [0.1, 0.15) is 20.8 Å². The van der Waals surface area contributed by atoms with Gasteiger partial charge in [0.1, 0.15) is 21.4 Å². The Bertz CT molecular complexity index is 700. The molecule has 1 amide bonds. The lowest BCUT2D eigenvalue weighted by atomic mass is 10.2. The quantitative estimate of drug-likeness (QED) is 0.812. The maximum atomic E-state index is 13.2. The lowest BCUT2D eigenvalue weighted by Gasteiger charge is -2.23. The molecule has 0 bridgehead atoms. The molecular weight excluding hydrogens is 329 g/mol. The number of carbonyl (C=O) groups is 1. The van der Waals surface area contributed by atoms with Crippen molar-refractivity contribution in [2.75, 3.05) is 11.9 Å². The van der Waals surface area contributed by atoms with Gasteiger partial charge in [-0.3, -0.25) is 9.88 Å². The molecule has 0 saturated carbocycles. The first-order valence-electron chi connectivity index (χ1n) is 6.41. The minimum absolute atomic E-state index is 0.151. The molecule has 8 heteroatoms. The van der Waals surface area contributed by atoms with Gasteiger partial charge in [-0.1, -0.05) is 22.9 Å². The molecule has 0 radical (unpaired) electrons. The molecule has 0 spiro atoms. The van der Waals surface area contributed by atoms with Gasteiger partial charge in [0.25, 0.3) is 0 Å². The lowest BCUT2D eigenvalue weighted by Crippen LogP contribution is -2.33. The first kappa shape index (κ1) is 16.6. The van der Waals surface area contributed by atoms with Crippen molar-refractivity contribution in [2.45, 2.75) is 26.4 Å². The molecule has 0 saturated heterocycles. The molecule has 2 aromatic heterocycles. The van der Waals surface area contributed by atoms with Gasteiger partial charge in [-0.25, -0.2) is 14.2 Å². The first-order chi connectivity index (χ1) is 10.2. The predicted molar refractivity (Wildman–Crippen MR) is 85.0 cm³/mol. The molecule has 0 aliphatic rings. The number of thiazole rings is 1. The minimum Gasteiger partial charge on any atom is -0.443 e. The summed E-state index contributed by atoms with van der Waals surface area (Å²) in [6.07, 6.45) is 2.05. The van der Waals surface area contributed by atoms with Gasteiger partial charge in [-0.05, 0) is 26.8 Å². The van der Waals surface area contributed by atoms with E-state index in [0.717, 1.165) is 17.5 Å². The number of rotatable bonds is 2. The third kappa shape index (κ3) is 3.92. The average molecular weight is 344 g/mol. The Morgan fingerprint density at radius 1 is 1.41 bits per heavy atom. The third-order valence-electron chi connectivity index (χ3n) is 2.49. The molecule has 0 aromatic carbocycles. The number of anilines is 1. The van der Waals surface area contributed by atoms with E-state index in [4.69, 9.17) is 16.3 Å². The van der Waals surface area contributed by atoms with Crippen LogP contribution in [0.5, 0.6) is 0 Å². The number of aromatic nitrogens is 2. The topological polar surface area (TPSA) is 55.3 Å². The summed E-state index contributed by atoms with van der Waals surface area (Å²) in [5.74, 6) is -0.467. The summed E-state index contributed by atoms with van der Waals surface area (Å²) in [4.78, 5) is 21.3. The van der Waals surface area contributed by atoms with E-state index in [1.165, 1.54) is 17.2 Å². The highest BCUT2D eigenvalue weighted by atomic mass is 35.5. The fourth-order valence-electron chi connectivity index (χ4n) is 1.57. The van der Waals surface area contributed by atoms with Gasteiger partial charge in [-0.2, -0.15) is 0 Å². The Kier molecular flexibility index (Phi) is 4.67. The molecule has 0 aliphatic carbocycles. The van der Waals surface area contributed by atoms with Gasteiger partial charge in [-0.15, -0.1) is 0 Å². The van der Waals surface area contributed by atoms with Crippen LogP contribution in [0.25, 0.3) is 10.6 Å². The average Bonchev–Trinajstić information content (AvgIpc) is 2.78. The van der Waals surface area contributed by atoms with Crippen LogP contribution in [-0.4, -0.2) is 28.7 Å². The first-order valence-corrected chi connectivity index (χ1v) is 7.61. The van der Waals surface area contributed by atoms with Gasteiger partial charge >= 0.3 is 6.09 Å². The molecule has 2 heterocycles. The third-order valence-corrected chi connectivity index (χ3v) is 4.05. The smallest absolute Gasteiger partial charge is 0.415 e. The summed E-state index contributed by atoms with van der Waals surface area (Å²) >= 11 is 7.24. The number of hydrogen-bond acceptors (Lipinski definition) is 5. The summed E-state index contributed by atoms with van der Waals surface area (Å²) < 4.78 is 18.5. The highest BCUT2D eigenvalue weighted by Gasteiger charge is 2.24. The summed E-state index contributed by atoms with van der Waals surface area (Å²) in [6.45, 7) is 5.32. The summed E-state index contributed by atoms with van der Waals surface area (Å²) in [5, 5.41) is 1.05. The van der Waals surface area contributed by atoms with Crippen molar-refractivity contribution in [1.82, 2.24) is 9.97 Å². The molecule has 0 unspecified atom stereocenters. The van der Waals surface area contributed by atoms with Gasteiger partial charge in [0, 0.05) is 18.8 Å². The molecule has 22 heavy (non-hydrogen) atoms. The van der Waals surface area contributed by atoms with Crippen LogP contribution in [0, 0.1) is 5.82 Å². The minimum atomic E-state index is -0.613. The van der Waals surface area contributed by atoms with Crippen molar-refractivity contribution in [3.05, 3.63) is 29.4 Å². The fourth-order valence-corrected chi connectivity index (χ4v) is 2.83. The number of hydrogen-bond donors (Lipinski definition) is 0. The van der Waals surface area contributed by atoms with Crippen LogP contribution >= 0.6 is 22.9 Å². The molecule has 2 rings (SSSR count). The van der Waals surface area contributed by atoms with Gasteiger partial charge < -0.3 is 4.74 Å². The van der Waals surface area contributed by atoms with Crippen molar-refractivity contribution >= 4 is 34.0 Å². The second-order valence-electron chi connectivity index (χ2n) is 5.55. The van der Waals surface area contributed by atoms with E-state index >= 15 is 0 Å². The van der Waals surface area contributed by atoms with Crippen molar-refractivity contribution in [3.63, 3.8) is 0 Å². The second kappa shape index (κ2) is 6.18. The van der Waals surface area contributed by atoms with E-state index in [1.54, 1.807) is 27.8 Å². The Balaban J connectivity index is 2.28. The van der Waals surface area contributed by atoms with Crippen LogP contribution in [0.4, 0.5) is 14.2 Å². The predicted octanol–water partition coefficient (Wildman–Crippen LogP) is 4.37. The Labute approximate surface area is 136 Å². The lowest BCUT2D eigenvalue weighted by molar-refractivity contribution is 0.0590. The molecule has 0 N–H and O–H groups in total. The zero-order valence-electron chi connectivity index (χ0n) is 12.6. The van der Waals surface area contributed by atoms with Crippen LogP contribution in [0.15, 0.2) is 18.5 Å². The monoisotopic (exact) mass is 343 g/mol. The summed E-state index contributed by atoms with van der Waals surface area (Å²) in [5.41, 5.74) is -0.117. The SMILES string of the molecule is CN(C(=O)OC(C)(C)C)c1sc(-c2cncc(F)c2)nc1Cl. The maximum Gasteiger partial charge on any atom is 0.415 e. The molecule has 0 atom stereocenters. The highest BCUT2D eigenvalue weighted by Crippen LogP contribution is 2.37. The number of carbonyl (C=O) groups excluding carboxylic acids is 1. The van der Waals surface area contributed by atoms with Gasteiger partial charge in [0.05, 0.1) is 6.20 Å². The number of amides is 1. The van der Waals surface area contributed by atoms with E-state index in [0.29, 0.717) is 15.6 Å². The van der Waals surface area contributed by atoms with E-state index < -0.39 is 17.5 Å². The highest BCUT2D eigenvalue weighted by molar-refractivity contribution is 7.19. The van der Waals surface area contributed by atoms with Crippen molar-refractivity contribution < 1.29 is 13.9 Å². The number of ether oxygens (including phenoxy) is 1. The van der Waals surface area contributed by atoms with Crippen LogP contribution in [0.2, 0.25) is 5.15 Å². The van der Waals surface area contributed by atoms with Crippen LogP contribution in [0.3, 0.4) is 0 Å². The Hall–Kier alpha value is -1.73. The van der Waals surface area contributed by atoms with Crippen molar-refractivity contribution in [3.8, 4) is 10.6 Å². The molecule has 5 nitrogen and oxygen atoms in total. The van der Waals surface area contributed by atoms with Gasteiger partial charge in [0.2, 0.25) is 0 Å². The molecular formula is C14H15ClFN3O2S. The summed E-state index contributed by atoms with van der Waals surface area (Å²) in [7, 11) is 1.54. The number of nitrogens with zero attached hydrogens (tertiary/aromatic N) is 3. The molecule has 2 aromatic rings. The zero-order chi connectivity index (χ0) is 16.5.